The number of carbonyl (C=O) groups is 1. The second kappa shape index (κ2) is 6.43. The molecule has 0 saturated carbocycles. The van der Waals surface area contributed by atoms with Gasteiger partial charge in [-0.05, 0) is 24.3 Å². The quantitative estimate of drug-likeness (QED) is 0.783. The van der Waals surface area contributed by atoms with Crippen LogP contribution >= 0.6 is 11.3 Å². The zero-order chi connectivity index (χ0) is 15.6. The van der Waals surface area contributed by atoms with E-state index >= 15 is 0 Å². The lowest BCUT2D eigenvalue weighted by atomic mass is 10.2. The molecule has 0 spiro atoms. The van der Waals surface area contributed by atoms with Gasteiger partial charge in [-0.1, -0.05) is 6.92 Å². The molecule has 21 heavy (non-hydrogen) atoms. The summed E-state index contributed by atoms with van der Waals surface area (Å²) in [6, 6.07) is 0. The van der Waals surface area contributed by atoms with Gasteiger partial charge in [-0.25, -0.2) is 13.2 Å². The SMILES string of the molecule is CCC1CN(S(=O)(=O)c2c(C)csc2C(=O)OC)CCO1. The molecule has 1 aromatic heterocycles. The van der Waals surface area contributed by atoms with Crippen LogP contribution in [0.2, 0.25) is 0 Å². The van der Waals surface area contributed by atoms with E-state index in [1.807, 2.05) is 6.92 Å². The van der Waals surface area contributed by atoms with Crippen molar-refractivity contribution in [3.05, 3.63) is 15.8 Å². The van der Waals surface area contributed by atoms with Crippen molar-refractivity contribution in [2.75, 3.05) is 26.8 Å². The summed E-state index contributed by atoms with van der Waals surface area (Å²) in [6.45, 7) is 4.63. The van der Waals surface area contributed by atoms with Crippen molar-refractivity contribution in [1.82, 2.24) is 4.31 Å². The van der Waals surface area contributed by atoms with Gasteiger partial charge in [0.2, 0.25) is 10.0 Å². The van der Waals surface area contributed by atoms with Crippen LogP contribution in [0.1, 0.15) is 28.6 Å². The summed E-state index contributed by atoms with van der Waals surface area (Å²) in [5.74, 6) is -0.619. The number of sulfonamides is 1. The first-order valence-electron chi connectivity index (χ1n) is 6.70. The summed E-state index contributed by atoms with van der Waals surface area (Å²) in [4.78, 5) is 12.0. The molecule has 0 amide bonds. The van der Waals surface area contributed by atoms with Gasteiger partial charge in [0.05, 0.1) is 19.8 Å². The van der Waals surface area contributed by atoms with Crippen LogP contribution in [0, 0.1) is 6.92 Å². The first-order chi connectivity index (χ1) is 9.91. The van der Waals surface area contributed by atoms with Crippen LogP contribution in [-0.2, 0) is 19.5 Å². The molecule has 0 radical (unpaired) electrons. The lowest BCUT2D eigenvalue weighted by molar-refractivity contribution is -0.00279. The minimum Gasteiger partial charge on any atom is -0.465 e. The average molecular weight is 333 g/mol. The van der Waals surface area contributed by atoms with Gasteiger partial charge in [0.1, 0.15) is 9.77 Å². The van der Waals surface area contributed by atoms with Gasteiger partial charge < -0.3 is 9.47 Å². The monoisotopic (exact) mass is 333 g/mol. The number of carbonyl (C=O) groups excluding carboxylic acids is 1. The van der Waals surface area contributed by atoms with E-state index in [-0.39, 0.29) is 15.9 Å². The van der Waals surface area contributed by atoms with Gasteiger partial charge in [0, 0.05) is 13.1 Å². The number of hydrogen-bond acceptors (Lipinski definition) is 6. The summed E-state index contributed by atoms with van der Waals surface area (Å²) < 4.78 is 37.3. The molecule has 118 valence electrons. The predicted molar refractivity (Wildman–Crippen MR) is 79.2 cm³/mol. The van der Waals surface area contributed by atoms with Gasteiger partial charge in [0.15, 0.2) is 0 Å². The van der Waals surface area contributed by atoms with Crippen LogP contribution < -0.4 is 0 Å². The van der Waals surface area contributed by atoms with Crippen LogP contribution in [0.5, 0.6) is 0 Å². The second-order valence-electron chi connectivity index (χ2n) is 4.83. The van der Waals surface area contributed by atoms with Crippen molar-refractivity contribution < 1.29 is 22.7 Å². The van der Waals surface area contributed by atoms with E-state index in [1.165, 1.54) is 11.4 Å². The number of thiophene rings is 1. The van der Waals surface area contributed by atoms with Crippen molar-refractivity contribution in [2.24, 2.45) is 0 Å². The molecule has 1 aromatic rings. The first-order valence-corrected chi connectivity index (χ1v) is 9.02. The Balaban J connectivity index is 2.40. The Morgan fingerprint density at radius 1 is 1.57 bits per heavy atom. The Kier molecular flexibility index (Phi) is 5.03. The highest BCUT2D eigenvalue weighted by Crippen LogP contribution is 2.31. The Labute approximate surface area is 128 Å². The fourth-order valence-corrected chi connectivity index (χ4v) is 5.39. The van der Waals surface area contributed by atoms with Crippen molar-refractivity contribution >= 4 is 27.3 Å². The molecule has 1 aliphatic heterocycles. The molecule has 1 atom stereocenters. The third-order valence-corrected chi connectivity index (χ3v) is 6.70. The zero-order valence-corrected chi connectivity index (χ0v) is 13.9. The number of hydrogen-bond donors (Lipinski definition) is 0. The van der Waals surface area contributed by atoms with Crippen LogP contribution in [-0.4, -0.2) is 51.6 Å². The number of methoxy groups -OCH3 is 1. The maximum atomic E-state index is 12.8. The first kappa shape index (κ1) is 16.4. The minimum absolute atomic E-state index is 0.0658. The minimum atomic E-state index is -3.72. The molecular weight excluding hydrogens is 314 g/mol. The summed E-state index contributed by atoms with van der Waals surface area (Å²) in [5.41, 5.74) is 0.569. The third kappa shape index (κ3) is 3.13. The Morgan fingerprint density at radius 2 is 2.29 bits per heavy atom. The smallest absolute Gasteiger partial charge is 0.349 e. The van der Waals surface area contributed by atoms with Crippen molar-refractivity contribution in [3.8, 4) is 0 Å². The number of aryl methyl sites for hydroxylation is 1. The molecule has 1 saturated heterocycles. The van der Waals surface area contributed by atoms with E-state index in [4.69, 9.17) is 4.74 Å². The van der Waals surface area contributed by atoms with Crippen molar-refractivity contribution in [2.45, 2.75) is 31.3 Å². The predicted octanol–water partition coefficient (Wildman–Crippen LogP) is 1.64. The van der Waals surface area contributed by atoms with Gasteiger partial charge in [-0.15, -0.1) is 11.3 Å². The summed E-state index contributed by atoms with van der Waals surface area (Å²) in [5, 5.41) is 1.66. The molecule has 1 aliphatic rings. The van der Waals surface area contributed by atoms with Gasteiger partial charge in [-0.2, -0.15) is 4.31 Å². The standard InChI is InChI=1S/C13H19NO5S2/c1-4-10-7-14(5-6-19-10)21(16,17)12-9(2)8-20-11(12)13(15)18-3/h8,10H,4-7H2,1-3H3. The Bertz CT molecular complexity index is 623. The maximum absolute atomic E-state index is 12.8. The maximum Gasteiger partial charge on any atom is 0.349 e. The van der Waals surface area contributed by atoms with Gasteiger partial charge in [0.25, 0.3) is 0 Å². The lowest BCUT2D eigenvalue weighted by Gasteiger charge is -2.31. The number of nitrogens with zero attached hydrogens (tertiary/aromatic N) is 1. The Morgan fingerprint density at radius 3 is 2.90 bits per heavy atom. The van der Waals surface area contributed by atoms with Crippen LogP contribution in [0.3, 0.4) is 0 Å². The van der Waals surface area contributed by atoms with Crippen LogP contribution in [0.4, 0.5) is 0 Å². The number of rotatable bonds is 4. The van der Waals surface area contributed by atoms with E-state index in [9.17, 15) is 13.2 Å². The highest BCUT2D eigenvalue weighted by Gasteiger charge is 2.35. The zero-order valence-electron chi connectivity index (χ0n) is 12.3. The summed E-state index contributed by atoms with van der Waals surface area (Å²) in [7, 11) is -2.47. The molecule has 8 heteroatoms. The highest BCUT2D eigenvalue weighted by atomic mass is 32.2. The Hall–Kier alpha value is -0.960. The molecule has 0 N–H and O–H groups in total. The fourth-order valence-electron chi connectivity index (χ4n) is 2.27. The summed E-state index contributed by atoms with van der Waals surface area (Å²) in [6.07, 6.45) is 0.646. The van der Waals surface area contributed by atoms with E-state index in [0.29, 0.717) is 25.3 Å². The normalized spacial score (nSPS) is 20.4. The molecule has 0 bridgehead atoms. The molecule has 0 aromatic carbocycles. The molecule has 1 fully saturated rings. The largest absolute Gasteiger partial charge is 0.465 e. The number of ether oxygens (including phenoxy) is 2. The average Bonchev–Trinajstić information content (AvgIpc) is 2.89. The molecule has 1 unspecified atom stereocenters. The lowest BCUT2D eigenvalue weighted by Crippen LogP contribution is -2.45. The molecule has 2 rings (SSSR count). The molecule has 6 nitrogen and oxygen atoms in total. The highest BCUT2D eigenvalue weighted by molar-refractivity contribution is 7.89. The summed E-state index contributed by atoms with van der Waals surface area (Å²) >= 11 is 1.09. The molecule has 2 heterocycles. The van der Waals surface area contributed by atoms with Crippen LogP contribution in [0.15, 0.2) is 10.3 Å². The molecular formula is C13H19NO5S2. The van der Waals surface area contributed by atoms with Crippen LogP contribution in [0.25, 0.3) is 0 Å². The number of morpholine rings is 1. The van der Waals surface area contributed by atoms with E-state index in [0.717, 1.165) is 17.8 Å². The van der Waals surface area contributed by atoms with E-state index in [2.05, 4.69) is 4.74 Å². The topological polar surface area (TPSA) is 72.9 Å². The second-order valence-corrected chi connectivity index (χ2v) is 7.59. The number of esters is 1. The van der Waals surface area contributed by atoms with E-state index in [1.54, 1.807) is 12.3 Å². The van der Waals surface area contributed by atoms with Crippen molar-refractivity contribution in [1.29, 1.82) is 0 Å². The van der Waals surface area contributed by atoms with Gasteiger partial charge in [-0.3, -0.25) is 0 Å². The van der Waals surface area contributed by atoms with E-state index < -0.39 is 16.0 Å². The van der Waals surface area contributed by atoms with Gasteiger partial charge >= 0.3 is 5.97 Å². The van der Waals surface area contributed by atoms with Crippen molar-refractivity contribution in [3.63, 3.8) is 0 Å². The third-order valence-electron chi connectivity index (χ3n) is 3.44. The fraction of sp³-hybridized carbons (Fsp3) is 0.615. The molecule has 0 aliphatic carbocycles.